The first-order valence-corrected chi connectivity index (χ1v) is 8.47. The molecule has 6 heteroatoms. The van der Waals surface area contributed by atoms with Crippen LogP contribution in [0.15, 0.2) is 23.0 Å². The van der Waals surface area contributed by atoms with Gasteiger partial charge in [0.25, 0.3) is 5.91 Å². The van der Waals surface area contributed by atoms with Crippen molar-refractivity contribution in [3.05, 3.63) is 24.2 Å². The molecule has 2 fully saturated rings. The number of likely N-dealkylation sites (tertiary alicyclic amines) is 1. The van der Waals surface area contributed by atoms with E-state index in [1.165, 1.54) is 6.26 Å². The molecule has 1 aromatic heterocycles. The molecule has 0 aromatic carbocycles. The Morgan fingerprint density at radius 3 is 2.87 bits per heavy atom. The van der Waals surface area contributed by atoms with E-state index in [1.54, 1.807) is 12.3 Å². The number of amides is 1. The summed E-state index contributed by atoms with van der Waals surface area (Å²) in [5, 5.41) is 0. The molecule has 2 atom stereocenters. The first-order valence-electron chi connectivity index (χ1n) is 8.47. The lowest BCUT2D eigenvalue weighted by atomic mass is 10.0. The third kappa shape index (κ3) is 3.94. The van der Waals surface area contributed by atoms with Gasteiger partial charge in [0.05, 0.1) is 24.5 Å². The Bertz CT molecular complexity index is 503. The van der Waals surface area contributed by atoms with Gasteiger partial charge in [-0.25, -0.2) is 0 Å². The van der Waals surface area contributed by atoms with Gasteiger partial charge in [0.2, 0.25) is 0 Å². The van der Waals surface area contributed by atoms with Crippen molar-refractivity contribution < 1.29 is 13.9 Å². The summed E-state index contributed by atoms with van der Waals surface area (Å²) >= 11 is 0. The van der Waals surface area contributed by atoms with Gasteiger partial charge in [0.1, 0.15) is 6.26 Å². The maximum atomic E-state index is 12.5. The largest absolute Gasteiger partial charge is 0.472 e. The van der Waals surface area contributed by atoms with E-state index in [9.17, 15) is 4.79 Å². The van der Waals surface area contributed by atoms with E-state index in [0.717, 1.165) is 52.2 Å². The van der Waals surface area contributed by atoms with Gasteiger partial charge in [0.15, 0.2) is 0 Å². The van der Waals surface area contributed by atoms with E-state index in [4.69, 9.17) is 9.15 Å². The van der Waals surface area contributed by atoms with Gasteiger partial charge < -0.3 is 19.0 Å². The van der Waals surface area contributed by atoms with Gasteiger partial charge in [-0.1, -0.05) is 0 Å². The second-order valence-corrected chi connectivity index (χ2v) is 6.70. The molecule has 0 spiro atoms. The van der Waals surface area contributed by atoms with Crippen LogP contribution in [0.4, 0.5) is 0 Å². The third-order valence-electron chi connectivity index (χ3n) is 4.88. The molecule has 2 aliphatic rings. The molecular weight excluding hydrogens is 294 g/mol. The lowest BCUT2D eigenvalue weighted by molar-refractivity contribution is -0.0724. The van der Waals surface area contributed by atoms with Crippen LogP contribution < -0.4 is 0 Å². The van der Waals surface area contributed by atoms with Gasteiger partial charge in [-0.2, -0.15) is 0 Å². The van der Waals surface area contributed by atoms with Crippen molar-refractivity contribution in [2.45, 2.75) is 25.0 Å². The van der Waals surface area contributed by atoms with Crippen LogP contribution in [0.25, 0.3) is 0 Å². The number of carbonyl (C=O) groups excluding carboxylic acids is 1. The van der Waals surface area contributed by atoms with Crippen molar-refractivity contribution in [3.63, 3.8) is 0 Å². The number of rotatable bonds is 4. The molecule has 1 amide bonds. The Kier molecular flexibility index (Phi) is 5.35. The van der Waals surface area contributed by atoms with Crippen molar-refractivity contribution in [2.24, 2.45) is 0 Å². The standard InChI is InChI=1S/C17H27N3O3/c1-18(2)8-9-19-10-12-23-16-4-7-20(6-3-15(16)19)17(21)14-5-11-22-13-14/h5,11,13,15-16H,3-4,6-10,12H2,1-2H3/t15-,16-/m0/s1. The summed E-state index contributed by atoms with van der Waals surface area (Å²) in [5.41, 5.74) is 0.639. The van der Waals surface area contributed by atoms with E-state index < -0.39 is 0 Å². The fourth-order valence-corrected chi connectivity index (χ4v) is 3.54. The predicted octanol–water partition coefficient (Wildman–Crippen LogP) is 1.15. The van der Waals surface area contributed by atoms with E-state index in [-0.39, 0.29) is 12.0 Å². The lowest BCUT2D eigenvalue weighted by Crippen LogP contribution is -2.52. The second kappa shape index (κ2) is 7.47. The molecular formula is C17H27N3O3. The molecule has 2 aliphatic heterocycles. The van der Waals surface area contributed by atoms with E-state index in [0.29, 0.717) is 11.6 Å². The minimum atomic E-state index is 0.0669. The van der Waals surface area contributed by atoms with Crippen LogP contribution in [0, 0.1) is 0 Å². The molecule has 128 valence electrons. The number of ether oxygens (including phenoxy) is 1. The highest BCUT2D eigenvalue weighted by atomic mass is 16.5. The van der Waals surface area contributed by atoms with Crippen LogP contribution in [-0.2, 0) is 4.74 Å². The Balaban J connectivity index is 1.63. The van der Waals surface area contributed by atoms with Crippen LogP contribution in [0.3, 0.4) is 0 Å². The normalized spacial score (nSPS) is 26.1. The molecule has 3 heterocycles. The number of morpholine rings is 1. The Labute approximate surface area is 138 Å². The van der Waals surface area contributed by atoms with Crippen LogP contribution in [-0.4, -0.2) is 86.2 Å². The summed E-state index contributed by atoms with van der Waals surface area (Å²) in [6.07, 6.45) is 5.21. The van der Waals surface area contributed by atoms with Crippen molar-refractivity contribution in [2.75, 3.05) is 53.4 Å². The zero-order chi connectivity index (χ0) is 16.2. The monoisotopic (exact) mass is 321 g/mol. The highest BCUT2D eigenvalue weighted by molar-refractivity contribution is 5.93. The van der Waals surface area contributed by atoms with Crippen LogP contribution >= 0.6 is 0 Å². The number of hydrogen-bond donors (Lipinski definition) is 0. The summed E-state index contributed by atoms with van der Waals surface area (Å²) in [7, 11) is 4.21. The van der Waals surface area contributed by atoms with Gasteiger partial charge in [-0.15, -0.1) is 0 Å². The number of fused-ring (bicyclic) bond motifs is 1. The molecule has 0 aliphatic carbocycles. The molecule has 0 bridgehead atoms. The quantitative estimate of drug-likeness (QED) is 0.832. The topological polar surface area (TPSA) is 49.2 Å². The average molecular weight is 321 g/mol. The van der Waals surface area contributed by atoms with Crippen LogP contribution in [0.2, 0.25) is 0 Å². The van der Waals surface area contributed by atoms with Gasteiger partial charge >= 0.3 is 0 Å². The second-order valence-electron chi connectivity index (χ2n) is 6.70. The van der Waals surface area contributed by atoms with E-state index in [2.05, 4.69) is 23.9 Å². The third-order valence-corrected chi connectivity index (χ3v) is 4.88. The van der Waals surface area contributed by atoms with Crippen LogP contribution in [0.5, 0.6) is 0 Å². The van der Waals surface area contributed by atoms with Crippen molar-refractivity contribution >= 4 is 5.91 Å². The van der Waals surface area contributed by atoms with Gasteiger partial charge in [-0.05, 0) is 33.0 Å². The summed E-state index contributed by atoms with van der Waals surface area (Å²) in [6, 6.07) is 2.16. The SMILES string of the molecule is CN(C)CCN1CCO[C@H]2CCN(C(=O)c3ccoc3)CC[C@@H]21. The molecule has 0 N–H and O–H groups in total. The Morgan fingerprint density at radius 1 is 1.30 bits per heavy atom. The lowest BCUT2D eigenvalue weighted by Gasteiger charge is -2.40. The smallest absolute Gasteiger partial charge is 0.257 e. The van der Waals surface area contributed by atoms with Crippen molar-refractivity contribution in [3.8, 4) is 0 Å². The van der Waals surface area contributed by atoms with Crippen LogP contribution in [0.1, 0.15) is 23.2 Å². The number of nitrogens with zero attached hydrogens (tertiary/aromatic N) is 3. The molecule has 2 saturated heterocycles. The van der Waals surface area contributed by atoms with Gasteiger partial charge in [0, 0.05) is 38.8 Å². The molecule has 1 aromatic rings. The molecule has 0 unspecified atom stereocenters. The highest BCUT2D eigenvalue weighted by Crippen LogP contribution is 2.24. The summed E-state index contributed by atoms with van der Waals surface area (Å²) < 4.78 is 11.0. The highest BCUT2D eigenvalue weighted by Gasteiger charge is 2.35. The molecule has 23 heavy (non-hydrogen) atoms. The van der Waals surface area contributed by atoms with Crippen molar-refractivity contribution in [1.29, 1.82) is 0 Å². The first kappa shape index (κ1) is 16.5. The maximum Gasteiger partial charge on any atom is 0.257 e. The number of likely N-dealkylation sites (N-methyl/N-ethyl adjacent to an activating group) is 1. The van der Waals surface area contributed by atoms with E-state index in [1.807, 2.05) is 4.90 Å². The minimum absolute atomic E-state index is 0.0669. The fraction of sp³-hybridized carbons (Fsp3) is 0.706. The summed E-state index contributed by atoms with van der Waals surface area (Å²) in [6.45, 7) is 5.45. The Hall–Kier alpha value is -1.37. The summed E-state index contributed by atoms with van der Waals surface area (Å²) in [5.74, 6) is 0.0669. The first-order chi connectivity index (χ1) is 11.1. The predicted molar refractivity (Wildman–Crippen MR) is 87.5 cm³/mol. The molecule has 0 radical (unpaired) electrons. The zero-order valence-corrected chi connectivity index (χ0v) is 14.1. The maximum absolute atomic E-state index is 12.5. The fourth-order valence-electron chi connectivity index (χ4n) is 3.54. The van der Waals surface area contributed by atoms with Gasteiger partial charge in [-0.3, -0.25) is 9.69 Å². The molecule has 0 saturated carbocycles. The minimum Gasteiger partial charge on any atom is -0.472 e. The Morgan fingerprint density at radius 2 is 2.13 bits per heavy atom. The molecule has 3 rings (SSSR count). The zero-order valence-electron chi connectivity index (χ0n) is 14.1. The van der Waals surface area contributed by atoms with Crippen molar-refractivity contribution in [1.82, 2.24) is 14.7 Å². The number of furan rings is 1. The number of carbonyl (C=O) groups is 1. The molecule has 6 nitrogen and oxygen atoms in total. The number of hydrogen-bond acceptors (Lipinski definition) is 5. The van der Waals surface area contributed by atoms with E-state index >= 15 is 0 Å². The summed E-state index contributed by atoms with van der Waals surface area (Å²) in [4.78, 5) is 19.2. The average Bonchev–Trinajstić information content (AvgIpc) is 2.99.